The first kappa shape index (κ1) is 13.0. The highest BCUT2D eigenvalue weighted by atomic mass is 19.1. The molecule has 0 bridgehead atoms. The van der Waals surface area contributed by atoms with Gasteiger partial charge in [0.15, 0.2) is 0 Å². The normalized spacial score (nSPS) is 24.8. The molecular formula is C15H19FN2. The molecule has 1 aromatic rings. The first-order valence-electron chi connectivity index (χ1n) is 6.51. The lowest BCUT2D eigenvalue weighted by molar-refractivity contribution is 0.131. The average molecular weight is 246 g/mol. The summed E-state index contributed by atoms with van der Waals surface area (Å²) in [6.07, 6.45) is 1.18. The molecule has 0 N–H and O–H groups in total. The fourth-order valence-electron chi connectivity index (χ4n) is 2.48. The Morgan fingerprint density at radius 3 is 2.78 bits per heavy atom. The van der Waals surface area contributed by atoms with E-state index >= 15 is 0 Å². The SMILES string of the molecule is CC1CCN(Cc2ccc(C#N)cc2F)CC1C. The predicted molar refractivity (Wildman–Crippen MR) is 69.3 cm³/mol. The Labute approximate surface area is 108 Å². The Morgan fingerprint density at radius 2 is 2.17 bits per heavy atom. The first-order valence-corrected chi connectivity index (χ1v) is 6.51. The van der Waals surface area contributed by atoms with E-state index in [1.807, 2.05) is 6.07 Å². The number of benzene rings is 1. The number of nitriles is 1. The molecule has 1 aliphatic heterocycles. The Hall–Kier alpha value is -1.40. The van der Waals surface area contributed by atoms with Crippen LogP contribution >= 0.6 is 0 Å². The third-order valence-electron chi connectivity index (χ3n) is 3.99. The summed E-state index contributed by atoms with van der Waals surface area (Å²) in [5, 5.41) is 8.71. The molecule has 0 saturated carbocycles. The molecule has 1 saturated heterocycles. The molecule has 3 heteroatoms. The maximum Gasteiger partial charge on any atom is 0.129 e. The van der Waals surface area contributed by atoms with E-state index in [2.05, 4.69) is 18.7 Å². The van der Waals surface area contributed by atoms with E-state index in [1.54, 1.807) is 12.1 Å². The summed E-state index contributed by atoms with van der Waals surface area (Å²) < 4.78 is 13.8. The Balaban J connectivity index is 2.04. The van der Waals surface area contributed by atoms with Gasteiger partial charge in [-0.1, -0.05) is 19.9 Å². The van der Waals surface area contributed by atoms with Crippen LogP contribution in [0.5, 0.6) is 0 Å². The molecule has 18 heavy (non-hydrogen) atoms. The zero-order valence-corrected chi connectivity index (χ0v) is 11.0. The minimum absolute atomic E-state index is 0.264. The summed E-state index contributed by atoms with van der Waals surface area (Å²) in [5.74, 6) is 1.16. The van der Waals surface area contributed by atoms with Crippen LogP contribution < -0.4 is 0 Å². The van der Waals surface area contributed by atoms with Gasteiger partial charge in [-0.05, 0) is 36.9 Å². The van der Waals surface area contributed by atoms with Crippen molar-refractivity contribution in [2.24, 2.45) is 11.8 Å². The third kappa shape index (κ3) is 2.88. The molecule has 0 radical (unpaired) electrons. The van der Waals surface area contributed by atoms with Crippen LogP contribution in [0.15, 0.2) is 18.2 Å². The van der Waals surface area contributed by atoms with Gasteiger partial charge in [-0.25, -0.2) is 4.39 Å². The van der Waals surface area contributed by atoms with Gasteiger partial charge in [0, 0.05) is 18.7 Å². The maximum absolute atomic E-state index is 13.8. The molecule has 2 unspecified atom stereocenters. The predicted octanol–water partition coefficient (Wildman–Crippen LogP) is 3.18. The fourth-order valence-corrected chi connectivity index (χ4v) is 2.48. The molecule has 0 spiro atoms. The zero-order valence-electron chi connectivity index (χ0n) is 11.0. The van der Waals surface area contributed by atoms with E-state index in [1.165, 1.54) is 12.5 Å². The second kappa shape index (κ2) is 5.49. The average Bonchev–Trinajstić information content (AvgIpc) is 2.36. The second-order valence-electron chi connectivity index (χ2n) is 5.40. The number of piperidine rings is 1. The Morgan fingerprint density at radius 1 is 1.39 bits per heavy atom. The molecule has 2 rings (SSSR count). The Bertz CT molecular complexity index is 464. The smallest absolute Gasteiger partial charge is 0.129 e. The van der Waals surface area contributed by atoms with Gasteiger partial charge >= 0.3 is 0 Å². The van der Waals surface area contributed by atoms with Gasteiger partial charge < -0.3 is 0 Å². The lowest BCUT2D eigenvalue weighted by Gasteiger charge is -2.35. The van der Waals surface area contributed by atoms with Gasteiger partial charge in [-0.2, -0.15) is 5.26 Å². The summed E-state index contributed by atoms with van der Waals surface area (Å²) in [7, 11) is 0. The molecular weight excluding hydrogens is 227 g/mol. The topological polar surface area (TPSA) is 27.0 Å². The van der Waals surface area contributed by atoms with Gasteiger partial charge in [-0.15, -0.1) is 0 Å². The van der Waals surface area contributed by atoms with Crippen LogP contribution in [0.3, 0.4) is 0 Å². The first-order chi connectivity index (χ1) is 8.60. The van der Waals surface area contributed by atoms with Crippen LogP contribution in [0.2, 0.25) is 0 Å². The number of likely N-dealkylation sites (tertiary alicyclic amines) is 1. The fraction of sp³-hybridized carbons (Fsp3) is 0.533. The van der Waals surface area contributed by atoms with Gasteiger partial charge in [0.1, 0.15) is 5.82 Å². The van der Waals surface area contributed by atoms with Crippen molar-refractivity contribution >= 4 is 0 Å². The lowest BCUT2D eigenvalue weighted by atomic mass is 9.88. The Kier molecular flexibility index (Phi) is 3.98. The number of hydrogen-bond acceptors (Lipinski definition) is 2. The van der Waals surface area contributed by atoms with Crippen LogP contribution in [-0.4, -0.2) is 18.0 Å². The molecule has 1 fully saturated rings. The van der Waals surface area contributed by atoms with E-state index in [0.717, 1.165) is 19.0 Å². The van der Waals surface area contributed by atoms with Crippen molar-refractivity contribution in [1.29, 1.82) is 5.26 Å². The van der Waals surface area contributed by atoms with Gasteiger partial charge in [0.25, 0.3) is 0 Å². The van der Waals surface area contributed by atoms with Crippen molar-refractivity contribution in [3.63, 3.8) is 0 Å². The highest BCUT2D eigenvalue weighted by Crippen LogP contribution is 2.24. The van der Waals surface area contributed by atoms with Crippen molar-refractivity contribution in [1.82, 2.24) is 4.90 Å². The molecule has 0 aromatic heterocycles. The van der Waals surface area contributed by atoms with Crippen LogP contribution in [0.25, 0.3) is 0 Å². The van der Waals surface area contributed by atoms with Crippen LogP contribution in [0, 0.1) is 29.0 Å². The van der Waals surface area contributed by atoms with E-state index in [9.17, 15) is 4.39 Å². The van der Waals surface area contributed by atoms with E-state index < -0.39 is 0 Å². The van der Waals surface area contributed by atoms with Gasteiger partial charge in [-0.3, -0.25) is 4.90 Å². The summed E-state index contributed by atoms with van der Waals surface area (Å²) in [5.41, 5.74) is 1.08. The van der Waals surface area contributed by atoms with Crippen molar-refractivity contribution in [3.8, 4) is 6.07 Å². The largest absolute Gasteiger partial charge is 0.299 e. The van der Waals surface area contributed by atoms with Crippen molar-refractivity contribution < 1.29 is 4.39 Å². The quantitative estimate of drug-likeness (QED) is 0.801. The molecule has 0 aliphatic carbocycles. The molecule has 1 aromatic carbocycles. The standard InChI is InChI=1S/C15H19FN2/c1-11-5-6-18(9-12(11)2)10-14-4-3-13(8-17)7-15(14)16/h3-4,7,11-12H,5-6,9-10H2,1-2H3. The van der Waals surface area contributed by atoms with E-state index in [0.29, 0.717) is 23.6 Å². The van der Waals surface area contributed by atoms with Crippen molar-refractivity contribution in [3.05, 3.63) is 35.1 Å². The third-order valence-corrected chi connectivity index (χ3v) is 3.99. The molecule has 1 aliphatic rings. The highest BCUT2D eigenvalue weighted by Gasteiger charge is 2.23. The highest BCUT2D eigenvalue weighted by molar-refractivity contribution is 5.32. The molecule has 1 heterocycles. The second-order valence-corrected chi connectivity index (χ2v) is 5.40. The summed E-state index contributed by atoms with van der Waals surface area (Å²) in [6.45, 7) is 7.25. The van der Waals surface area contributed by atoms with Gasteiger partial charge in [0.05, 0.1) is 11.6 Å². The minimum Gasteiger partial charge on any atom is -0.299 e. The van der Waals surface area contributed by atoms with Gasteiger partial charge in [0.2, 0.25) is 0 Å². The summed E-state index contributed by atoms with van der Waals surface area (Å²) in [6, 6.07) is 6.70. The van der Waals surface area contributed by atoms with Crippen molar-refractivity contribution in [2.45, 2.75) is 26.8 Å². The molecule has 2 atom stereocenters. The maximum atomic E-state index is 13.8. The molecule has 2 nitrogen and oxygen atoms in total. The number of hydrogen-bond donors (Lipinski definition) is 0. The summed E-state index contributed by atoms with van der Waals surface area (Å²) >= 11 is 0. The van der Waals surface area contributed by atoms with Crippen LogP contribution in [0.1, 0.15) is 31.4 Å². The zero-order chi connectivity index (χ0) is 13.1. The molecule has 96 valence electrons. The summed E-state index contributed by atoms with van der Waals surface area (Å²) in [4.78, 5) is 2.30. The van der Waals surface area contributed by atoms with E-state index in [-0.39, 0.29) is 5.82 Å². The monoisotopic (exact) mass is 246 g/mol. The number of halogens is 1. The number of nitrogens with zero attached hydrogens (tertiary/aromatic N) is 2. The minimum atomic E-state index is -0.264. The number of rotatable bonds is 2. The van der Waals surface area contributed by atoms with Crippen LogP contribution in [-0.2, 0) is 6.54 Å². The van der Waals surface area contributed by atoms with Crippen LogP contribution in [0.4, 0.5) is 4.39 Å². The molecule has 0 amide bonds. The lowest BCUT2D eigenvalue weighted by Crippen LogP contribution is -2.38. The van der Waals surface area contributed by atoms with Crippen molar-refractivity contribution in [2.75, 3.05) is 13.1 Å². The van der Waals surface area contributed by atoms with E-state index in [4.69, 9.17) is 5.26 Å².